The van der Waals surface area contributed by atoms with E-state index in [0.29, 0.717) is 10.6 Å². The van der Waals surface area contributed by atoms with Crippen molar-refractivity contribution in [3.8, 4) is 11.5 Å². The standard InChI is InChI=1S/C11H13ClO4/c1-5-7(12)4-8(16-3)10(13)9(5)6(2)11(14)15/h4,6,13H,1-3H3,(H,14,15). The summed E-state index contributed by atoms with van der Waals surface area (Å²) < 4.78 is 4.92. The summed E-state index contributed by atoms with van der Waals surface area (Å²) in [5.74, 6) is -1.85. The van der Waals surface area contributed by atoms with Gasteiger partial charge in [-0.05, 0) is 19.4 Å². The number of halogens is 1. The van der Waals surface area contributed by atoms with Crippen LogP contribution in [0.4, 0.5) is 0 Å². The van der Waals surface area contributed by atoms with Crippen LogP contribution in [0.2, 0.25) is 5.02 Å². The van der Waals surface area contributed by atoms with Crippen LogP contribution in [0, 0.1) is 6.92 Å². The maximum atomic E-state index is 10.9. The number of methoxy groups -OCH3 is 1. The number of phenolic OH excluding ortho intramolecular Hbond substituents is 1. The molecule has 2 N–H and O–H groups in total. The Morgan fingerprint density at radius 3 is 2.56 bits per heavy atom. The number of aliphatic carboxylic acids is 1. The summed E-state index contributed by atoms with van der Waals surface area (Å²) in [5, 5.41) is 19.2. The Kier molecular flexibility index (Phi) is 3.65. The summed E-state index contributed by atoms with van der Waals surface area (Å²) in [7, 11) is 1.38. The van der Waals surface area contributed by atoms with E-state index in [1.165, 1.54) is 20.1 Å². The zero-order valence-corrected chi connectivity index (χ0v) is 10.00. The quantitative estimate of drug-likeness (QED) is 0.858. The molecule has 88 valence electrons. The molecule has 0 saturated carbocycles. The molecule has 5 heteroatoms. The van der Waals surface area contributed by atoms with Gasteiger partial charge in [-0.25, -0.2) is 0 Å². The SMILES string of the molecule is COc1cc(Cl)c(C)c(C(C)C(=O)O)c1O. The van der Waals surface area contributed by atoms with Crippen molar-refractivity contribution in [2.45, 2.75) is 19.8 Å². The lowest BCUT2D eigenvalue weighted by molar-refractivity contribution is -0.138. The molecule has 1 aromatic carbocycles. The van der Waals surface area contributed by atoms with Crippen molar-refractivity contribution in [2.24, 2.45) is 0 Å². The van der Waals surface area contributed by atoms with Crippen LogP contribution in [0.5, 0.6) is 11.5 Å². The molecule has 16 heavy (non-hydrogen) atoms. The van der Waals surface area contributed by atoms with E-state index in [1.54, 1.807) is 6.92 Å². The number of benzene rings is 1. The molecule has 0 aliphatic heterocycles. The first-order chi connectivity index (χ1) is 7.40. The Balaban J connectivity index is 3.47. The van der Waals surface area contributed by atoms with Gasteiger partial charge in [0.2, 0.25) is 0 Å². The monoisotopic (exact) mass is 244 g/mol. The topological polar surface area (TPSA) is 66.8 Å². The van der Waals surface area contributed by atoms with Gasteiger partial charge >= 0.3 is 5.97 Å². The van der Waals surface area contributed by atoms with E-state index in [-0.39, 0.29) is 17.1 Å². The molecule has 0 saturated heterocycles. The van der Waals surface area contributed by atoms with Crippen molar-refractivity contribution < 1.29 is 19.7 Å². The number of carboxylic acid groups (broad SMARTS) is 1. The number of rotatable bonds is 3. The van der Waals surface area contributed by atoms with E-state index in [4.69, 9.17) is 21.4 Å². The Hall–Kier alpha value is -1.42. The van der Waals surface area contributed by atoms with Crippen molar-refractivity contribution in [3.05, 3.63) is 22.2 Å². The second-order valence-electron chi connectivity index (χ2n) is 3.51. The zero-order chi connectivity index (χ0) is 12.5. The molecule has 0 bridgehead atoms. The Morgan fingerprint density at radius 2 is 2.12 bits per heavy atom. The van der Waals surface area contributed by atoms with E-state index in [0.717, 1.165) is 0 Å². The van der Waals surface area contributed by atoms with Gasteiger partial charge in [-0.1, -0.05) is 11.6 Å². The first kappa shape index (κ1) is 12.6. The largest absolute Gasteiger partial charge is 0.504 e. The van der Waals surface area contributed by atoms with Crippen LogP contribution in [-0.2, 0) is 4.79 Å². The lowest BCUT2D eigenvalue weighted by atomic mass is 9.95. The normalized spacial score (nSPS) is 12.2. The van der Waals surface area contributed by atoms with E-state index in [9.17, 15) is 9.90 Å². The van der Waals surface area contributed by atoms with E-state index < -0.39 is 11.9 Å². The third-order valence-corrected chi connectivity index (χ3v) is 2.92. The predicted octanol–water partition coefficient (Wildman–Crippen LogP) is 2.55. The van der Waals surface area contributed by atoms with Gasteiger partial charge in [-0.3, -0.25) is 4.79 Å². The summed E-state index contributed by atoms with van der Waals surface area (Å²) in [6, 6.07) is 1.46. The summed E-state index contributed by atoms with van der Waals surface area (Å²) in [6.07, 6.45) is 0. The highest BCUT2D eigenvalue weighted by molar-refractivity contribution is 6.31. The van der Waals surface area contributed by atoms with Gasteiger partial charge in [0.15, 0.2) is 11.5 Å². The van der Waals surface area contributed by atoms with Crippen LogP contribution < -0.4 is 4.74 Å². The smallest absolute Gasteiger partial charge is 0.310 e. The van der Waals surface area contributed by atoms with Crippen LogP contribution >= 0.6 is 11.6 Å². The molecular weight excluding hydrogens is 232 g/mol. The fourth-order valence-corrected chi connectivity index (χ4v) is 1.74. The summed E-state index contributed by atoms with van der Waals surface area (Å²) in [6.45, 7) is 3.15. The molecule has 0 spiro atoms. The Labute approximate surface area is 98.4 Å². The highest BCUT2D eigenvalue weighted by Crippen LogP contribution is 2.40. The minimum Gasteiger partial charge on any atom is -0.504 e. The van der Waals surface area contributed by atoms with Gasteiger partial charge < -0.3 is 14.9 Å². The number of hydrogen-bond donors (Lipinski definition) is 2. The molecule has 1 unspecified atom stereocenters. The molecule has 0 amide bonds. The summed E-state index contributed by atoms with van der Waals surface area (Å²) in [5.41, 5.74) is 0.840. The van der Waals surface area contributed by atoms with Crippen molar-refractivity contribution in [1.29, 1.82) is 0 Å². The van der Waals surface area contributed by atoms with Crippen LogP contribution in [0.15, 0.2) is 6.07 Å². The first-order valence-corrected chi connectivity index (χ1v) is 5.06. The molecular formula is C11H13ClO4. The minimum absolute atomic E-state index is 0.167. The molecule has 0 heterocycles. The van der Waals surface area contributed by atoms with E-state index in [2.05, 4.69) is 0 Å². The molecule has 4 nitrogen and oxygen atoms in total. The number of ether oxygens (including phenoxy) is 1. The number of hydrogen-bond acceptors (Lipinski definition) is 3. The number of phenols is 1. The second kappa shape index (κ2) is 4.61. The van der Waals surface area contributed by atoms with Crippen molar-refractivity contribution in [1.82, 2.24) is 0 Å². The van der Waals surface area contributed by atoms with Crippen LogP contribution in [-0.4, -0.2) is 23.3 Å². The highest BCUT2D eigenvalue weighted by atomic mass is 35.5. The fraction of sp³-hybridized carbons (Fsp3) is 0.364. The Bertz CT molecular complexity index is 428. The molecule has 0 aromatic heterocycles. The van der Waals surface area contributed by atoms with Crippen molar-refractivity contribution in [2.75, 3.05) is 7.11 Å². The summed E-state index contributed by atoms with van der Waals surface area (Å²) >= 11 is 5.93. The molecule has 1 rings (SSSR count). The molecule has 0 aliphatic rings. The lowest BCUT2D eigenvalue weighted by Crippen LogP contribution is -2.10. The number of carbonyl (C=O) groups is 1. The zero-order valence-electron chi connectivity index (χ0n) is 9.24. The lowest BCUT2D eigenvalue weighted by Gasteiger charge is -2.16. The average molecular weight is 245 g/mol. The second-order valence-corrected chi connectivity index (χ2v) is 3.92. The van der Waals surface area contributed by atoms with Gasteiger partial charge in [-0.2, -0.15) is 0 Å². The van der Waals surface area contributed by atoms with E-state index in [1.807, 2.05) is 0 Å². The van der Waals surface area contributed by atoms with Crippen molar-refractivity contribution in [3.63, 3.8) is 0 Å². The first-order valence-electron chi connectivity index (χ1n) is 4.68. The summed E-state index contributed by atoms with van der Waals surface area (Å²) in [4.78, 5) is 10.9. The third kappa shape index (κ3) is 2.07. The maximum Gasteiger partial charge on any atom is 0.310 e. The van der Waals surface area contributed by atoms with Crippen LogP contribution in [0.3, 0.4) is 0 Å². The molecule has 0 fully saturated rings. The van der Waals surface area contributed by atoms with E-state index >= 15 is 0 Å². The average Bonchev–Trinajstić information content (AvgIpc) is 2.23. The Morgan fingerprint density at radius 1 is 1.56 bits per heavy atom. The fourth-order valence-electron chi connectivity index (χ4n) is 1.54. The molecule has 1 atom stereocenters. The van der Waals surface area contributed by atoms with Gasteiger partial charge in [0, 0.05) is 16.7 Å². The van der Waals surface area contributed by atoms with Gasteiger partial charge in [-0.15, -0.1) is 0 Å². The van der Waals surface area contributed by atoms with Crippen molar-refractivity contribution >= 4 is 17.6 Å². The van der Waals surface area contributed by atoms with Crippen LogP contribution in [0.25, 0.3) is 0 Å². The highest BCUT2D eigenvalue weighted by Gasteiger charge is 2.24. The minimum atomic E-state index is -1.03. The molecule has 0 radical (unpaired) electrons. The molecule has 0 aliphatic carbocycles. The number of carboxylic acids is 1. The maximum absolute atomic E-state index is 10.9. The molecule has 1 aromatic rings. The van der Waals surface area contributed by atoms with Crippen LogP contribution in [0.1, 0.15) is 24.0 Å². The predicted molar refractivity (Wildman–Crippen MR) is 60.5 cm³/mol. The van der Waals surface area contributed by atoms with Gasteiger partial charge in [0.05, 0.1) is 13.0 Å². The third-order valence-electron chi connectivity index (χ3n) is 2.53. The van der Waals surface area contributed by atoms with Gasteiger partial charge in [0.25, 0.3) is 0 Å². The number of aromatic hydroxyl groups is 1. The van der Waals surface area contributed by atoms with Gasteiger partial charge in [0.1, 0.15) is 0 Å².